The Morgan fingerprint density at radius 3 is 1.55 bits per heavy atom. The molecule has 0 spiro atoms. The maximum Gasteiger partial charge on any atom is 0.255 e. The zero-order valence-corrected chi connectivity index (χ0v) is 36.8. The van der Waals surface area contributed by atoms with Crippen molar-refractivity contribution in [2.75, 3.05) is 90.4 Å². The van der Waals surface area contributed by atoms with Crippen molar-refractivity contribution in [2.24, 2.45) is 0 Å². The van der Waals surface area contributed by atoms with Crippen LogP contribution in [0.15, 0.2) is 73.1 Å². The van der Waals surface area contributed by atoms with Gasteiger partial charge in [-0.1, -0.05) is 36.4 Å². The van der Waals surface area contributed by atoms with E-state index < -0.39 is 0 Å². The van der Waals surface area contributed by atoms with Crippen LogP contribution in [0.5, 0.6) is 23.3 Å². The fourth-order valence-corrected chi connectivity index (χ4v) is 8.21. The minimum atomic E-state index is -0.132. The maximum atomic E-state index is 13.0. The van der Waals surface area contributed by atoms with Gasteiger partial charge in [-0.25, -0.2) is 9.97 Å². The zero-order chi connectivity index (χ0) is 44.7. The number of methoxy groups -OCH3 is 2. The van der Waals surface area contributed by atoms with Gasteiger partial charge in [-0.05, 0) is 63.1 Å². The number of aromatic nitrogens is 4. The summed E-state index contributed by atoms with van der Waals surface area (Å²) >= 11 is 0. The topological polar surface area (TPSA) is 249 Å². The van der Waals surface area contributed by atoms with Crippen LogP contribution < -0.4 is 30.7 Å². The molecule has 348 valence electrons. The highest BCUT2D eigenvalue weighted by Gasteiger charge is 2.33. The van der Waals surface area contributed by atoms with Crippen LogP contribution in [-0.2, 0) is 9.47 Å². The Labute approximate surface area is 378 Å². The monoisotopic (exact) mass is 896 g/mol. The third-order valence-corrected chi connectivity index (χ3v) is 11.5. The number of carbonyl (C=O) groups is 2. The Bertz CT molecular complexity index is 2090. The third kappa shape index (κ3) is 13.3. The third-order valence-electron chi connectivity index (χ3n) is 11.5. The van der Waals surface area contributed by atoms with Crippen molar-refractivity contribution in [2.45, 2.75) is 50.0 Å². The number of amides is 2. The number of anilines is 2. The molecule has 4 unspecified atom stereocenters. The van der Waals surface area contributed by atoms with Gasteiger partial charge in [-0.15, -0.1) is 0 Å². The van der Waals surface area contributed by atoms with Crippen molar-refractivity contribution in [3.05, 3.63) is 95.3 Å². The SMILES string of the molecule is COC1CN(CCCNc2nccc(O)n2)CCC1NC(=O)c1cccc2c1OCC=C2.COC1CN(CCCNc2nccc(O)n2)CCC1NC(=O)c1cccc2c1OCC=C2.O. The summed E-state index contributed by atoms with van der Waals surface area (Å²) in [4.78, 5) is 46.6. The molecule has 0 aliphatic carbocycles. The summed E-state index contributed by atoms with van der Waals surface area (Å²) in [6.07, 6.45) is 14.1. The Morgan fingerprint density at radius 2 is 1.14 bits per heavy atom. The van der Waals surface area contributed by atoms with Crippen molar-refractivity contribution in [3.63, 3.8) is 0 Å². The molecule has 2 saturated heterocycles. The molecule has 19 nitrogen and oxygen atoms in total. The number of aromatic hydroxyl groups is 2. The lowest BCUT2D eigenvalue weighted by Crippen LogP contribution is -2.55. The smallest absolute Gasteiger partial charge is 0.255 e. The van der Waals surface area contributed by atoms with E-state index in [1.54, 1.807) is 26.4 Å². The van der Waals surface area contributed by atoms with Crippen LogP contribution in [0.4, 0.5) is 11.9 Å². The average Bonchev–Trinajstić information content (AvgIpc) is 3.32. The number of nitrogens with one attached hydrogen (secondary N) is 4. The van der Waals surface area contributed by atoms with Gasteiger partial charge < -0.3 is 65.7 Å². The maximum absolute atomic E-state index is 13.0. The number of rotatable bonds is 16. The van der Waals surface area contributed by atoms with Crippen LogP contribution in [0.1, 0.15) is 57.5 Å². The van der Waals surface area contributed by atoms with Gasteiger partial charge in [0.05, 0.1) is 35.4 Å². The molecular formula is C46H60N10O9. The highest BCUT2D eigenvalue weighted by molar-refractivity contribution is 5.99. The lowest BCUT2D eigenvalue weighted by atomic mass is 10.00. The first-order valence-electron chi connectivity index (χ1n) is 21.8. The van der Waals surface area contributed by atoms with E-state index >= 15 is 0 Å². The Kier molecular flexibility index (Phi) is 17.8. The van der Waals surface area contributed by atoms with E-state index in [1.807, 2.05) is 48.6 Å². The van der Waals surface area contributed by atoms with Gasteiger partial charge in [0.25, 0.3) is 11.8 Å². The predicted octanol–water partition coefficient (Wildman–Crippen LogP) is 2.99. The molecule has 65 heavy (non-hydrogen) atoms. The largest absolute Gasteiger partial charge is 0.493 e. The first-order valence-corrected chi connectivity index (χ1v) is 21.8. The lowest BCUT2D eigenvalue weighted by molar-refractivity contribution is 0.00636. The normalized spacial score (nSPS) is 20.0. The van der Waals surface area contributed by atoms with Crippen molar-refractivity contribution in [1.29, 1.82) is 0 Å². The van der Waals surface area contributed by atoms with Gasteiger partial charge in [-0.3, -0.25) is 9.59 Å². The predicted molar refractivity (Wildman–Crippen MR) is 245 cm³/mol. The minimum Gasteiger partial charge on any atom is -0.493 e. The molecule has 2 aromatic heterocycles. The highest BCUT2D eigenvalue weighted by atomic mass is 16.5. The van der Waals surface area contributed by atoms with E-state index in [4.69, 9.17) is 18.9 Å². The molecule has 4 atom stereocenters. The summed E-state index contributed by atoms with van der Waals surface area (Å²) in [5.41, 5.74) is 2.97. The molecule has 2 amide bonds. The number of piperidine rings is 2. The van der Waals surface area contributed by atoms with E-state index in [9.17, 15) is 19.8 Å². The number of para-hydroxylation sites is 2. The minimum absolute atomic E-state index is 0. The number of benzene rings is 2. The van der Waals surface area contributed by atoms with Gasteiger partial charge in [0.1, 0.15) is 24.7 Å². The molecule has 6 heterocycles. The summed E-state index contributed by atoms with van der Waals surface area (Å²) in [6, 6.07) is 14.0. The lowest BCUT2D eigenvalue weighted by Gasteiger charge is -2.38. The summed E-state index contributed by atoms with van der Waals surface area (Å²) in [7, 11) is 3.37. The summed E-state index contributed by atoms with van der Waals surface area (Å²) in [6.45, 7) is 7.37. The fraction of sp³-hybridized carbons (Fsp3) is 0.435. The molecule has 4 aromatic rings. The number of ether oxygens (including phenoxy) is 4. The van der Waals surface area contributed by atoms with Gasteiger partial charge >= 0.3 is 0 Å². The van der Waals surface area contributed by atoms with E-state index in [0.29, 0.717) is 60.8 Å². The van der Waals surface area contributed by atoms with Crippen molar-refractivity contribution in [1.82, 2.24) is 40.4 Å². The number of hydrogen-bond acceptors (Lipinski definition) is 16. The number of nitrogens with zero attached hydrogens (tertiary/aromatic N) is 6. The fourth-order valence-electron chi connectivity index (χ4n) is 8.21. The van der Waals surface area contributed by atoms with Crippen molar-refractivity contribution in [3.8, 4) is 23.3 Å². The molecule has 2 aromatic carbocycles. The van der Waals surface area contributed by atoms with Crippen LogP contribution in [0.25, 0.3) is 12.2 Å². The van der Waals surface area contributed by atoms with E-state index in [-0.39, 0.29) is 53.3 Å². The second kappa shape index (κ2) is 24.1. The van der Waals surface area contributed by atoms with Gasteiger partial charge in [0, 0.05) is 89.1 Å². The molecule has 8 rings (SSSR count). The van der Waals surface area contributed by atoms with Crippen LogP contribution in [0.3, 0.4) is 0 Å². The molecule has 8 N–H and O–H groups in total. The molecule has 2 fully saturated rings. The molecular weight excluding hydrogens is 837 g/mol. The highest BCUT2D eigenvalue weighted by Crippen LogP contribution is 2.30. The standard InChI is InChI=1S/2C23H29N5O4.H2O/c2*1-31-19-15-28(12-4-10-24-23-25-11-8-20(29)27-23)13-9-18(19)26-22(30)17-7-2-5-16-6-3-14-32-21(16)17;/h2*2-3,5-8,11,18-19H,4,9-10,12-15H2,1H3,(H,26,30)(H2,24,25,27,29);1H2. The summed E-state index contributed by atoms with van der Waals surface area (Å²) in [5, 5.41) is 31.3. The van der Waals surface area contributed by atoms with E-state index in [0.717, 1.165) is 76.1 Å². The molecule has 19 heteroatoms. The second-order valence-electron chi connectivity index (χ2n) is 15.8. The number of fused-ring (bicyclic) bond motifs is 2. The van der Waals surface area contributed by atoms with E-state index in [2.05, 4.69) is 51.0 Å². The molecule has 0 saturated carbocycles. The number of carbonyl (C=O) groups excluding carboxylic acids is 2. The number of hydrogen-bond donors (Lipinski definition) is 6. The molecule has 0 radical (unpaired) electrons. The van der Waals surface area contributed by atoms with Crippen molar-refractivity contribution >= 4 is 35.9 Å². The van der Waals surface area contributed by atoms with Crippen LogP contribution in [-0.4, -0.2) is 161 Å². The second-order valence-corrected chi connectivity index (χ2v) is 15.8. The molecule has 4 aliphatic rings. The van der Waals surface area contributed by atoms with Gasteiger partial charge in [0.15, 0.2) is 0 Å². The quantitative estimate of drug-likeness (QED) is 0.0885. The van der Waals surface area contributed by atoms with Crippen molar-refractivity contribution < 1.29 is 44.2 Å². The summed E-state index contributed by atoms with van der Waals surface area (Å²) < 4.78 is 22.8. The first kappa shape index (κ1) is 48.1. The van der Waals surface area contributed by atoms with E-state index in [1.165, 1.54) is 24.5 Å². The Hall–Kier alpha value is -6.38. The molecule has 0 bridgehead atoms. The number of likely N-dealkylation sites (tertiary alicyclic amines) is 2. The van der Waals surface area contributed by atoms with Gasteiger partial charge in [0.2, 0.25) is 23.7 Å². The van der Waals surface area contributed by atoms with Crippen LogP contribution in [0.2, 0.25) is 0 Å². The molecule has 4 aliphatic heterocycles. The summed E-state index contributed by atoms with van der Waals surface area (Å²) in [5.74, 6) is 1.76. The van der Waals surface area contributed by atoms with Crippen LogP contribution >= 0.6 is 0 Å². The Morgan fingerprint density at radius 1 is 0.692 bits per heavy atom. The van der Waals surface area contributed by atoms with Crippen LogP contribution in [0, 0.1) is 0 Å². The first-order chi connectivity index (χ1) is 31.3. The zero-order valence-electron chi connectivity index (χ0n) is 36.8. The Balaban J connectivity index is 0.000000212. The average molecular weight is 897 g/mol. The van der Waals surface area contributed by atoms with Gasteiger partial charge in [-0.2, -0.15) is 9.97 Å².